The number of aliphatic carboxylic acids is 2. The van der Waals surface area contributed by atoms with Crippen LogP contribution in [0.15, 0.2) is 30.3 Å². The Morgan fingerprint density at radius 1 is 1.05 bits per heavy atom. The van der Waals surface area contributed by atoms with Crippen LogP contribution < -0.4 is 11.5 Å². The van der Waals surface area contributed by atoms with E-state index in [1.165, 1.54) is 0 Å². The van der Waals surface area contributed by atoms with Gasteiger partial charge in [0, 0.05) is 0 Å². The van der Waals surface area contributed by atoms with Crippen molar-refractivity contribution < 1.29 is 19.8 Å². The number of hydrogen-bond acceptors (Lipinski definition) is 4. The van der Waals surface area contributed by atoms with Crippen LogP contribution in [0.1, 0.15) is 5.56 Å². The van der Waals surface area contributed by atoms with E-state index < -0.39 is 24.0 Å². The van der Waals surface area contributed by atoms with Gasteiger partial charge in [-0.3, -0.25) is 4.79 Å². The van der Waals surface area contributed by atoms with E-state index >= 15 is 0 Å². The van der Waals surface area contributed by atoms with Gasteiger partial charge in [0.05, 0.1) is 0 Å². The van der Waals surface area contributed by atoms with E-state index in [1.54, 1.807) is 0 Å². The Kier molecular flexibility index (Phi) is 8.82. The minimum Gasteiger partial charge on any atom is -0.480 e. The van der Waals surface area contributed by atoms with Crippen LogP contribution in [0, 0.1) is 0 Å². The summed E-state index contributed by atoms with van der Waals surface area (Å²) < 4.78 is 0. The molecule has 0 spiro atoms. The normalized spacial score (nSPS) is 12.8. The van der Waals surface area contributed by atoms with E-state index in [2.05, 4.69) is 16.0 Å². The summed E-state index contributed by atoms with van der Waals surface area (Å²) in [4.78, 5) is 20.2. The first-order chi connectivity index (χ1) is 8.88. The third kappa shape index (κ3) is 8.34. The van der Waals surface area contributed by atoms with Crippen molar-refractivity contribution >= 4 is 28.0 Å². The first kappa shape index (κ1) is 17.6. The number of rotatable bonds is 5. The van der Waals surface area contributed by atoms with Gasteiger partial charge in [0.2, 0.25) is 0 Å². The zero-order valence-electron chi connectivity index (χ0n) is 10.3. The standard InChI is InChI=1S/C9H11NO2.C3H7NO2Se/c10-8(9(11)12)6-7-4-2-1-3-5-7;4-2(1-7)3(5)6/h1-5,8H,6,10H2,(H,11,12);2,7H,1,4H2,(H,5,6)/t8-;2-/m00/s1. The average molecular weight is 333 g/mol. The molecule has 106 valence electrons. The Labute approximate surface area is 119 Å². The fraction of sp³-hybridized carbons (Fsp3) is 0.333. The first-order valence-corrected chi connectivity index (χ1v) is 6.82. The zero-order chi connectivity index (χ0) is 14.8. The third-order valence-electron chi connectivity index (χ3n) is 2.13. The predicted molar refractivity (Wildman–Crippen MR) is 73.3 cm³/mol. The van der Waals surface area contributed by atoms with Crippen molar-refractivity contribution in [2.45, 2.75) is 23.8 Å². The fourth-order valence-corrected chi connectivity index (χ4v) is 1.36. The van der Waals surface area contributed by atoms with Crippen LogP contribution >= 0.6 is 0 Å². The topological polar surface area (TPSA) is 127 Å². The number of benzene rings is 1. The minimum absolute atomic E-state index is 0.385. The molecule has 0 amide bonds. The Hall–Kier alpha value is -1.40. The summed E-state index contributed by atoms with van der Waals surface area (Å²) in [6.45, 7) is 0. The molecule has 2 atom stereocenters. The second-order valence-electron chi connectivity index (χ2n) is 3.76. The predicted octanol–water partition coefficient (Wildman–Crippen LogP) is -0.642. The van der Waals surface area contributed by atoms with E-state index in [4.69, 9.17) is 21.7 Å². The van der Waals surface area contributed by atoms with Gasteiger partial charge in [-0.25, -0.2) is 0 Å². The molecule has 0 bridgehead atoms. The van der Waals surface area contributed by atoms with Crippen LogP contribution in [-0.2, 0) is 16.0 Å². The number of hydrogen-bond donors (Lipinski definition) is 4. The van der Waals surface area contributed by atoms with Crippen LogP contribution in [0.25, 0.3) is 0 Å². The Morgan fingerprint density at radius 2 is 1.53 bits per heavy atom. The third-order valence-corrected chi connectivity index (χ3v) is 2.95. The van der Waals surface area contributed by atoms with Gasteiger partial charge >= 0.3 is 54.9 Å². The molecular formula is C12H18N2O4Se. The summed E-state index contributed by atoms with van der Waals surface area (Å²) in [5.74, 6) is -1.90. The first-order valence-electron chi connectivity index (χ1n) is 5.50. The van der Waals surface area contributed by atoms with Crippen molar-refractivity contribution in [3.8, 4) is 0 Å². The number of nitrogens with two attached hydrogens (primary N) is 2. The van der Waals surface area contributed by atoms with Crippen LogP contribution in [-0.4, -0.2) is 50.2 Å². The van der Waals surface area contributed by atoms with Crippen molar-refractivity contribution in [3.05, 3.63) is 35.9 Å². The largest absolute Gasteiger partial charge is 0.480 e. The van der Waals surface area contributed by atoms with Crippen LogP contribution in [0.5, 0.6) is 0 Å². The second-order valence-corrected chi connectivity index (χ2v) is 4.53. The Balaban J connectivity index is 0.000000399. The molecule has 0 aliphatic heterocycles. The summed E-state index contributed by atoms with van der Waals surface area (Å²) >= 11 is 2.13. The molecule has 0 saturated heterocycles. The number of carboxylic acids is 2. The summed E-state index contributed by atoms with van der Waals surface area (Å²) in [6.07, 6.45) is 0.385. The van der Waals surface area contributed by atoms with Crippen LogP contribution in [0.3, 0.4) is 0 Å². The molecule has 1 aromatic rings. The summed E-state index contributed by atoms with van der Waals surface area (Å²) in [5, 5.41) is 17.0. The van der Waals surface area contributed by atoms with Gasteiger partial charge < -0.3 is 10.8 Å². The Morgan fingerprint density at radius 3 is 1.84 bits per heavy atom. The molecule has 19 heavy (non-hydrogen) atoms. The molecule has 0 aromatic heterocycles. The molecule has 0 heterocycles. The summed E-state index contributed by atoms with van der Waals surface area (Å²) in [6, 6.07) is 7.84. The molecule has 0 aliphatic carbocycles. The van der Waals surface area contributed by atoms with Crippen molar-refractivity contribution in [3.63, 3.8) is 0 Å². The maximum atomic E-state index is 10.4. The molecule has 7 heteroatoms. The molecule has 6 nitrogen and oxygen atoms in total. The van der Waals surface area contributed by atoms with Gasteiger partial charge in [-0.05, 0) is 12.0 Å². The van der Waals surface area contributed by atoms with Gasteiger partial charge in [0.15, 0.2) is 0 Å². The van der Waals surface area contributed by atoms with E-state index in [-0.39, 0.29) is 0 Å². The zero-order valence-corrected chi connectivity index (χ0v) is 12.1. The molecule has 1 aromatic carbocycles. The molecule has 6 N–H and O–H groups in total. The van der Waals surface area contributed by atoms with Gasteiger partial charge in [0.25, 0.3) is 0 Å². The molecule has 0 radical (unpaired) electrons. The monoisotopic (exact) mass is 334 g/mol. The minimum atomic E-state index is -0.959. The molecular weight excluding hydrogens is 315 g/mol. The van der Waals surface area contributed by atoms with Gasteiger partial charge in [-0.1, -0.05) is 30.3 Å². The second kappa shape index (κ2) is 9.52. The maximum absolute atomic E-state index is 10.4. The van der Waals surface area contributed by atoms with Gasteiger partial charge in [0.1, 0.15) is 6.04 Å². The molecule has 1 rings (SSSR count). The number of carboxylic acid groups (broad SMARTS) is 2. The van der Waals surface area contributed by atoms with E-state index in [1.807, 2.05) is 30.3 Å². The van der Waals surface area contributed by atoms with Gasteiger partial charge in [-0.2, -0.15) is 0 Å². The quantitative estimate of drug-likeness (QED) is 0.531. The average Bonchev–Trinajstić information content (AvgIpc) is 2.39. The van der Waals surface area contributed by atoms with Crippen molar-refractivity contribution in [2.24, 2.45) is 11.5 Å². The smallest absolute Gasteiger partial charge is 0.320 e. The van der Waals surface area contributed by atoms with Crippen LogP contribution in [0.2, 0.25) is 5.32 Å². The van der Waals surface area contributed by atoms with E-state index in [0.29, 0.717) is 11.7 Å². The van der Waals surface area contributed by atoms with Crippen molar-refractivity contribution in [2.75, 3.05) is 0 Å². The molecule has 0 unspecified atom stereocenters. The molecule has 0 fully saturated rings. The molecule has 0 saturated carbocycles. The van der Waals surface area contributed by atoms with E-state index in [9.17, 15) is 9.59 Å². The SMILES string of the molecule is N[C@@H](C[SeH])C(=O)O.N[C@@H](Cc1ccccc1)C(=O)O. The van der Waals surface area contributed by atoms with Crippen molar-refractivity contribution in [1.82, 2.24) is 0 Å². The van der Waals surface area contributed by atoms with E-state index in [0.717, 1.165) is 5.56 Å². The maximum Gasteiger partial charge on any atom is 0.320 e. The van der Waals surface area contributed by atoms with Crippen LogP contribution in [0.4, 0.5) is 0 Å². The van der Waals surface area contributed by atoms with Crippen molar-refractivity contribution in [1.29, 1.82) is 0 Å². The number of carbonyl (C=O) groups is 2. The molecule has 0 aliphatic rings. The summed E-state index contributed by atoms with van der Waals surface area (Å²) in [5.41, 5.74) is 11.3. The Bertz CT molecular complexity index is 400. The summed E-state index contributed by atoms with van der Waals surface area (Å²) in [7, 11) is 0. The fourth-order valence-electron chi connectivity index (χ4n) is 1.03. The van der Waals surface area contributed by atoms with Gasteiger partial charge in [-0.15, -0.1) is 0 Å².